The molecule has 0 amide bonds. The van der Waals surface area contributed by atoms with Gasteiger partial charge in [0.25, 0.3) is 5.52 Å². The fourth-order valence-corrected chi connectivity index (χ4v) is 3.05. The Hall–Kier alpha value is -1.90. The summed E-state index contributed by atoms with van der Waals surface area (Å²) in [5, 5.41) is 0. The van der Waals surface area contributed by atoms with Gasteiger partial charge in [-0.25, -0.2) is 0 Å². The second-order valence-electron chi connectivity index (χ2n) is 5.17. The van der Waals surface area contributed by atoms with Crippen LogP contribution in [0.4, 0.5) is 0 Å². The Labute approximate surface area is 132 Å². The molecule has 116 valence electrons. The standard InChI is InChI=1S/C17H20NO3P/c1-13(2)16(18)17(19)22(20-14-9-5-3-6-10-14)21-15-11-7-4-8-12-15/h3-13,16H,18H2,1-2H3/t16-/m0/s1. The van der Waals surface area contributed by atoms with Crippen molar-refractivity contribution in [2.75, 3.05) is 0 Å². The molecule has 0 aliphatic rings. The molecule has 0 aromatic heterocycles. The van der Waals surface area contributed by atoms with E-state index in [4.69, 9.17) is 14.8 Å². The van der Waals surface area contributed by atoms with Gasteiger partial charge in [-0.15, -0.1) is 0 Å². The van der Waals surface area contributed by atoms with Crippen LogP contribution in [0.3, 0.4) is 0 Å². The topological polar surface area (TPSA) is 61.6 Å². The molecule has 0 saturated heterocycles. The molecule has 0 aliphatic carbocycles. The number of benzene rings is 2. The first-order chi connectivity index (χ1) is 10.6. The fourth-order valence-electron chi connectivity index (χ4n) is 1.67. The Bertz CT molecular complexity index is 548. The Morgan fingerprint density at radius 1 is 0.909 bits per heavy atom. The lowest BCUT2D eigenvalue weighted by Gasteiger charge is -2.21. The Morgan fingerprint density at radius 2 is 1.32 bits per heavy atom. The van der Waals surface area contributed by atoms with E-state index in [1.165, 1.54) is 0 Å². The second-order valence-corrected chi connectivity index (χ2v) is 6.49. The number of carbonyl (C=O) groups excluding carboxylic acids is 1. The van der Waals surface area contributed by atoms with Gasteiger partial charge in [0.15, 0.2) is 0 Å². The van der Waals surface area contributed by atoms with Gasteiger partial charge >= 0.3 is 8.38 Å². The number of carbonyl (C=O) groups is 1. The smallest absolute Gasteiger partial charge is 0.366 e. The number of hydrogen-bond acceptors (Lipinski definition) is 4. The highest BCUT2D eigenvalue weighted by molar-refractivity contribution is 7.67. The van der Waals surface area contributed by atoms with E-state index in [-0.39, 0.29) is 11.4 Å². The number of hydrogen-bond donors (Lipinski definition) is 1. The second kappa shape index (κ2) is 7.92. The quantitative estimate of drug-likeness (QED) is 0.785. The lowest BCUT2D eigenvalue weighted by molar-refractivity contribution is -0.114. The molecule has 0 unspecified atom stereocenters. The predicted molar refractivity (Wildman–Crippen MR) is 88.9 cm³/mol. The summed E-state index contributed by atoms with van der Waals surface area (Å²) in [6, 6.07) is 17.7. The van der Waals surface area contributed by atoms with E-state index in [1.54, 1.807) is 24.3 Å². The number of para-hydroxylation sites is 2. The maximum atomic E-state index is 12.5. The maximum absolute atomic E-state index is 12.5. The summed E-state index contributed by atoms with van der Waals surface area (Å²) >= 11 is 0. The van der Waals surface area contributed by atoms with Crippen molar-refractivity contribution in [1.29, 1.82) is 0 Å². The molecule has 2 aromatic rings. The van der Waals surface area contributed by atoms with Crippen LogP contribution in [0.1, 0.15) is 13.8 Å². The first kappa shape index (κ1) is 16.5. The van der Waals surface area contributed by atoms with E-state index in [2.05, 4.69) is 0 Å². The molecule has 0 aliphatic heterocycles. The highest BCUT2D eigenvalue weighted by Gasteiger charge is 2.32. The molecule has 0 spiro atoms. The van der Waals surface area contributed by atoms with Crippen LogP contribution in [0.25, 0.3) is 0 Å². The van der Waals surface area contributed by atoms with Gasteiger partial charge in [-0.2, -0.15) is 0 Å². The van der Waals surface area contributed by atoms with Crippen LogP contribution >= 0.6 is 8.38 Å². The molecule has 22 heavy (non-hydrogen) atoms. The van der Waals surface area contributed by atoms with Crippen LogP contribution in [-0.4, -0.2) is 11.6 Å². The van der Waals surface area contributed by atoms with Crippen LogP contribution in [-0.2, 0) is 4.79 Å². The predicted octanol–water partition coefficient (Wildman–Crippen LogP) is 3.97. The summed E-state index contributed by atoms with van der Waals surface area (Å²) in [4.78, 5) is 12.5. The molecular formula is C17H20NO3P. The van der Waals surface area contributed by atoms with E-state index in [0.29, 0.717) is 11.5 Å². The molecule has 4 nitrogen and oxygen atoms in total. The van der Waals surface area contributed by atoms with Gasteiger partial charge in [-0.3, -0.25) is 4.79 Å². The van der Waals surface area contributed by atoms with Gasteiger partial charge in [-0.1, -0.05) is 50.2 Å². The van der Waals surface area contributed by atoms with Crippen molar-refractivity contribution < 1.29 is 13.8 Å². The molecule has 2 rings (SSSR count). The summed E-state index contributed by atoms with van der Waals surface area (Å²) in [6.07, 6.45) is 0. The molecule has 2 aromatic carbocycles. The van der Waals surface area contributed by atoms with E-state index in [1.807, 2.05) is 50.2 Å². The van der Waals surface area contributed by atoms with Gasteiger partial charge in [0.05, 0.1) is 6.04 Å². The highest BCUT2D eigenvalue weighted by atomic mass is 31.2. The zero-order valence-electron chi connectivity index (χ0n) is 12.7. The van der Waals surface area contributed by atoms with Crippen molar-refractivity contribution >= 4 is 13.9 Å². The summed E-state index contributed by atoms with van der Waals surface area (Å²) in [7, 11) is -1.81. The molecule has 0 saturated carbocycles. The van der Waals surface area contributed by atoms with E-state index >= 15 is 0 Å². The van der Waals surface area contributed by atoms with Gasteiger partial charge in [0.1, 0.15) is 11.5 Å². The lowest BCUT2D eigenvalue weighted by Crippen LogP contribution is -2.35. The van der Waals surface area contributed by atoms with Gasteiger partial charge in [-0.05, 0) is 30.2 Å². The van der Waals surface area contributed by atoms with Crippen molar-refractivity contribution in [2.45, 2.75) is 19.9 Å². The summed E-state index contributed by atoms with van der Waals surface area (Å²) in [5.74, 6) is 1.21. The average molecular weight is 317 g/mol. The van der Waals surface area contributed by atoms with Gasteiger partial charge in [0, 0.05) is 0 Å². The van der Waals surface area contributed by atoms with Crippen LogP contribution in [0.15, 0.2) is 60.7 Å². The third kappa shape index (κ3) is 4.55. The number of nitrogens with two attached hydrogens (primary N) is 1. The zero-order valence-corrected chi connectivity index (χ0v) is 13.6. The van der Waals surface area contributed by atoms with Gasteiger partial charge < -0.3 is 14.8 Å². The van der Waals surface area contributed by atoms with Crippen LogP contribution in [0.2, 0.25) is 0 Å². The highest BCUT2D eigenvalue weighted by Crippen LogP contribution is 2.42. The molecule has 5 heteroatoms. The van der Waals surface area contributed by atoms with Crippen LogP contribution < -0.4 is 14.8 Å². The van der Waals surface area contributed by atoms with E-state index in [0.717, 1.165) is 0 Å². The van der Waals surface area contributed by atoms with E-state index in [9.17, 15) is 4.79 Å². The third-order valence-electron chi connectivity index (χ3n) is 3.05. The molecule has 0 radical (unpaired) electrons. The minimum absolute atomic E-state index is 0.0243. The first-order valence-corrected chi connectivity index (χ1v) is 8.31. The minimum Gasteiger partial charge on any atom is -0.433 e. The molecule has 0 heterocycles. The Balaban J connectivity index is 2.18. The Morgan fingerprint density at radius 3 is 1.68 bits per heavy atom. The molecule has 0 bridgehead atoms. The minimum atomic E-state index is -1.81. The molecule has 1 atom stereocenters. The first-order valence-electron chi connectivity index (χ1n) is 7.13. The molecule has 2 N–H and O–H groups in total. The van der Waals surface area contributed by atoms with Crippen LogP contribution in [0, 0.1) is 5.92 Å². The third-order valence-corrected chi connectivity index (χ3v) is 4.46. The zero-order chi connectivity index (χ0) is 15.9. The summed E-state index contributed by atoms with van der Waals surface area (Å²) in [6.45, 7) is 3.81. The average Bonchev–Trinajstić information content (AvgIpc) is 2.54. The lowest BCUT2D eigenvalue weighted by atomic mass is 10.1. The van der Waals surface area contributed by atoms with Gasteiger partial charge in [0.2, 0.25) is 0 Å². The van der Waals surface area contributed by atoms with Crippen molar-refractivity contribution in [3.05, 3.63) is 60.7 Å². The fraction of sp³-hybridized carbons (Fsp3) is 0.235. The van der Waals surface area contributed by atoms with Crippen molar-refractivity contribution in [2.24, 2.45) is 11.7 Å². The largest absolute Gasteiger partial charge is 0.433 e. The summed E-state index contributed by atoms with van der Waals surface area (Å²) < 4.78 is 11.5. The molecule has 0 fully saturated rings. The van der Waals surface area contributed by atoms with Crippen molar-refractivity contribution in [3.63, 3.8) is 0 Å². The number of rotatable bonds is 7. The van der Waals surface area contributed by atoms with E-state index < -0.39 is 14.4 Å². The molecular weight excluding hydrogens is 297 g/mol. The maximum Gasteiger partial charge on any atom is 0.366 e. The Kier molecular flexibility index (Phi) is 5.93. The SMILES string of the molecule is CC(C)[C@H](N)C(=O)P(Oc1ccccc1)Oc1ccccc1. The summed E-state index contributed by atoms with van der Waals surface area (Å²) in [5.41, 5.74) is 5.76. The van der Waals surface area contributed by atoms with Crippen LogP contribution in [0.5, 0.6) is 11.5 Å². The monoisotopic (exact) mass is 317 g/mol. The normalized spacial score (nSPS) is 12.2. The van der Waals surface area contributed by atoms with Crippen molar-refractivity contribution in [3.8, 4) is 11.5 Å². The van der Waals surface area contributed by atoms with Crippen molar-refractivity contribution in [1.82, 2.24) is 0 Å².